The number of amides is 2. The Morgan fingerprint density at radius 1 is 1.40 bits per heavy atom. The van der Waals surface area contributed by atoms with E-state index in [9.17, 15) is 9.59 Å². The van der Waals surface area contributed by atoms with Gasteiger partial charge in [-0.15, -0.1) is 0 Å². The summed E-state index contributed by atoms with van der Waals surface area (Å²) in [7, 11) is 0. The van der Waals surface area contributed by atoms with Gasteiger partial charge in [-0.1, -0.05) is 25.4 Å². The van der Waals surface area contributed by atoms with E-state index in [0.29, 0.717) is 24.5 Å². The van der Waals surface area contributed by atoms with Gasteiger partial charge in [-0.2, -0.15) is 0 Å². The summed E-state index contributed by atoms with van der Waals surface area (Å²) in [4.78, 5) is 25.3. The van der Waals surface area contributed by atoms with Crippen molar-refractivity contribution >= 4 is 29.1 Å². The predicted octanol–water partition coefficient (Wildman–Crippen LogP) is 2.47. The molecular weight excluding hydrogens is 276 g/mol. The third-order valence-electron chi connectivity index (χ3n) is 3.43. The highest BCUT2D eigenvalue weighted by molar-refractivity contribution is 6.30. The third-order valence-corrected chi connectivity index (χ3v) is 3.68. The molecular formula is C15H19ClN2O2. The van der Waals surface area contributed by atoms with E-state index in [2.05, 4.69) is 5.32 Å². The fourth-order valence-corrected chi connectivity index (χ4v) is 2.36. The van der Waals surface area contributed by atoms with E-state index >= 15 is 0 Å². The number of halogens is 1. The number of nitrogens with one attached hydrogen (secondary N) is 1. The average Bonchev–Trinajstić information content (AvgIpc) is 2.78. The maximum atomic E-state index is 12.0. The van der Waals surface area contributed by atoms with Crippen molar-refractivity contribution in [2.45, 2.75) is 20.3 Å². The topological polar surface area (TPSA) is 49.4 Å². The summed E-state index contributed by atoms with van der Waals surface area (Å²) >= 11 is 5.85. The fraction of sp³-hybridized carbons (Fsp3) is 0.467. The summed E-state index contributed by atoms with van der Waals surface area (Å²) in [5, 5.41) is 3.54. The van der Waals surface area contributed by atoms with Crippen molar-refractivity contribution in [3.8, 4) is 0 Å². The van der Waals surface area contributed by atoms with Crippen LogP contribution in [0.25, 0.3) is 0 Å². The molecule has 0 aromatic heterocycles. The summed E-state index contributed by atoms with van der Waals surface area (Å²) in [5.41, 5.74) is 0.858. The van der Waals surface area contributed by atoms with Crippen LogP contribution in [0.5, 0.6) is 0 Å². The Morgan fingerprint density at radius 2 is 2.05 bits per heavy atom. The van der Waals surface area contributed by atoms with Gasteiger partial charge in [0.2, 0.25) is 11.8 Å². The highest BCUT2D eigenvalue weighted by atomic mass is 35.5. The molecule has 1 heterocycles. The normalized spacial score (nSPS) is 18.7. The van der Waals surface area contributed by atoms with Gasteiger partial charge in [-0.05, 0) is 24.3 Å². The number of benzene rings is 1. The Morgan fingerprint density at radius 3 is 2.65 bits per heavy atom. The third kappa shape index (κ3) is 3.51. The number of rotatable bonds is 4. The van der Waals surface area contributed by atoms with E-state index in [1.165, 1.54) is 0 Å². The molecule has 1 saturated heterocycles. The van der Waals surface area contributed by atoms with Crippen LogP contribution in [-0.4, -0.2) is 24.9 Å². The molecule has 1 aromatic rings. The number of hydrogen-bond acceptors (Lipinski definition) is 2. The molecule has 2 amide bonds. The number of anilines is 1. The second-order valence-electron chi connectivity index (χ2n) is 5.45. The first kappa shape index (κ1) is 14.9. The standard InChI is InChI=1S/C15H19ClN2O2/c1-10(2)15(20)17-8-11-7-14(19)18(9-11)13-5-3-12(16)4-6-13/h3-6,10-11H,7-9H2,1-2H3,(H,17,20). The van der Waals surface area contributed by atoms with E-state index in [4.69, 9.17) is 11.6 Å². The first-order valence-corrected chi connectivity index (χ1v) is 7.19. The van der Waals surface area contributed by atoms with E-state index in [-0.39, 0.29) is 23.7 Å². The molecule has 1 atom stereocenters. The van der Waals surface area contributed by atoms with Crippen LogP contribution in [0, 0.1) is 11.8 Å². The van der Waals surface area contributed by atoms with Gasteiger partial charge in [-0.25, -0.2) is 0 Å². The van der Waals surface area contributed by atoms with Crippen molar-refractivity contribution in [1.29, 1.82) is 0 Å². The molecule has 0 bridgehead atoms. The number of carbonyl (C=O) groups excluding carboxylic acids is 2. The Bertz CT molecular complexity index is 499. The molecule has 108 valence electrons. The highest BCUT2D eigenvalue weighted by Crippen LogP contribution is 2.25. The Labute approximate surface area is 124 Å². The minimum atomic E-state index is -0.0283. The van der Waals surface area contributed by atoms with E-state index < -0.39 is 0 Å². The first-order chi connectivity index (χ1) is 9.47. The van der Waals surface area contributed by atoms with Gasteiger partial charge in [0.15, 0.2) is 0 Å². The van der Waals surface area contributed by atoms with Gasteiger partial charge < -0.3 is 10.2 Å². The van der Waals surface area contributed by atoms with Crippen LogP contribution >= 0.6 is 11.6 Å². The number of hydrogen-bond donors (Lipinski definition) is 1. The van der Waals surface area contributed by atoms with Crippen LogP contribution in [-0.2, 0) is 9.59 Å². The van der Waals surface area contributed by atoms with Crippen LogP contribution in [0.1, 0.15) is 20.3 Å². The molecule has 1 aromatic carbocycles. The Balaban J connectivity index is 1.94. The van der Waals surface area contributed by atoms with Crippen molar-refractivity contribution in [1.82, 2.24) is 5.32 Å². The summed E-state index contributed by atoms with van der Waals surface area (Å²) < 4.78 is 0. The number of nitrogens with zero attached hydrogens (tertiary/aromatic N) is 1. The molecule has 1 fully saturated rings. The second-order valence-corrected chi connectivity index (χ2v) is 5.89. The molecule has 0 spiro atoms. The Kier molecular flexibility index (Phi) is 4.65. The lowest BCUT2D eigenvalue weighted by Gasteiger charge is -2.17. The lowest BCUT2D eigenvalue weighted by molar-refractivity contribution is -0.124. The largest absolute Gasteiger partial charge is 0.356 e. The van der Waals surface area contributed by atoms with Gasteiger partial charge in [-0.3, -0.25) is 9.59 Å². The van der Waals surface area contributed by atoms with Crippen molar-refractivity contribution in [2.24, 2.45) is 11.8 Å². The number of carbonyl (C=O) groups is 2. The Hall–Kier alpha value is -1.55. The molecule has 0 saturated carbocycles. The predicted molar refractivity (Wildman–Crippen MR) is 79.8 cm³/mol. The quantitative estimate of drug-likeness (QED) is 0.927. The molecule has 1 aliphatic heterocycles. The fourth-order valence-electron chi connectivity index (χ4n) is 2.24. The minimum absolute atomic E-state index is 0.0283. The molecule has 1 aliphatic rings. The molecule has 1 unspecified atom stereocenters. The lowest BCUT2D eigenvalue weighted by atomic mass is 10.1. The van der Waals surface area contributed by atoms with Gasteiger partial charge in [0.25, 0.3) is 0 Å². The minimum Gasteiger partial charge on any atom is -0.356 e. The maximum Gasteiger partial charge on any atom is 0.227 e. The summed E-state index contributed by atoms with van der Waals surface area (Å²) in [6, 6.07) is 7.24. The highest BCUT2D eigenvalue weighted by Gasteiger charge is 2.30. The van der Waals surface area contributed by atoms with E-state index in [1.54, 1.807) is 17.0 Å². The zero-order chi connectivity index (χ0) is 14.7. The van der Waals surface area contributed by atoms with Crippen LogP contribution in [0.4, 0.5) is 5.69 Å². The SMILES string of the molecule is CC(C)C(=O)NCC1CC(=O)N(c2ccc(Cl)cc2)C1. The van der Waals surface area contributed by atoms with Crippen LogP contribution in [0.2, 0.25) is 5.02 Å². The zero-order valence-electron chi connectivity index (χ0n) is 11.7. The van der Waals surface area contributed by atoms with E-state index in [0.717, 1.165) is 5.69 Å². The zero-order valence-corrected chi connectivity index (χ0v) is 12.5. The van der Waals surface area contributed by atoms with Crippen molar-refractivity contribution in [3.63, 3.8) is 0 Å². The van der Waals surface area contributed by atoms with Gasteiger partial charge in [0.05, 0.1) is 0 Å². The first-order valence-electron chi connectivity index (χ1n) is 6.81. The van der Waals surface area contributed by atoms with Gasteiger partial charge >= 0.3 is 0 Å². The molecule has 5 heteroatoms. The van der Waals surface area contributed by atoms with Gasteiger partial charge in [0.1, 0.15) is 0 Å². The van der Waals surface area contributed by atoms with E-state index in [1.807, 2.05) is 26.0 Å². The average molecular weight is 295 g/mol. The molecule has 0 radical (unpaired) electrons. The summed E-state index contributed by atoms with van der Waals surface area (Å²) in [6.07, 6.45) is 0.473. The smallest absolute Gasteiger partial charge is 0.227 e. The molecule has 20 heavy (non-hydrogen) atoms. The van der Waals surface area contributed by atoms with Crippen molar-refractivity contribution in [2.75, 3.05) is 18.0 Å². The lowest BCUT2D eigenvalue weighted by Crippen LogP contribution is -2.33. The monoisotopic (exact) mass is 294 g/mol. The van der Waals surface area contributed by atoms with Crippen LogP contribution < -0.4 is 10.2 Å². The molecule has 4 nitrogen and oxygen atoms in total. The molecule has 0 aliphatic carbocycles. The molecule has 2 rings (SSSR count). The summed E-state index contributed by atoms with van der Waals surface area (Å²) in [5.74, 6) is 0.263. The van der Waals surface area contributed by atoms with Crippen LogP contribution in [0.3, 0.4) is 0 Å². The van der Waals surface area contributed by atoms with Crippen molar-refractivity contribution in [3.05, 3.63) is 29.3 Å². The van der Waals surface area contributed by atoms with Gasteiger partial charge in [0, 0.05) is 42.1 Å². The maximum absolute atomic E-state index is 12.0. The summed E-state index contributed by atoms with van der Waals surface area (Å²) in [6.45, 7) is 4.90. The van der Waals surface area contributed by atoms with Crippen LogP contribution in [0.15, 0.2) is 24.3 Å². The second kappa shape index (κ2) is 6.27. The van der Waals surface area contributed by atoms with Crippen molar-refractivity contribution < 1.29 is 9.59 Å². The molecule has 1 N–H and O–H groups in total.